The Morgan fingerprint density at radius 3 is 2.33 bits per heavy atom. The fourth-order valence-corrected chi connectivity index (χ4v) is 2.58. The van der Waals surface area contributed by atoms with Gasteiger partial charge in [0.2, 0.25) is 0 Å². The Labute approximate surface area is 123 Å². The molecule has 4 heteroatoms. The average Bonchev–Trinajstić information content (AvgIpc) is 2.54. The SMILES string of the molecule is COc1ccc(C2CC(O)c3cc(OC)ccc3O2)cc1. The predicted octanol–water partition coefficient (Wildman–Crippen LogP) is 3.26. The van der Waals surface area contributed by atoms with Crippen molar-refractivity contribution >= 4 is 0 Å². The summed E-state index contributed by atoms with van der Waals surface area (Å²) in [6.45, 7) is 0. The van der Waals surface area contributed by atoms with E-state index >= 15 is 0 Å². The molecule has 0 aliphatic carbocycles. The van der Waals surface area contributed by atoms with Crippen molar-refractivity contribution in [3.05, 3.63) is 53.6 Å². The molecule has 0 saturated carbocycles. The highest BCUT2D eigenvalue weighted by atomic mass is 16.5. The molecule has 1 N–H and O–H groups in total. The van der Waals surface area contributed by atoms with Crippen molar-refractivity contribution in [3.63, 3.8) is 0 Å². The van der Waals surface area contributed by atoms with Crippen molar-refractivity contribution in [2.45, 2.75) is 18.6 Å². The molecule has 0 saturated heterocycles. The number of hydrogen-bond acceptors (Lipinski definition) is 4. The molecule has 2 aromatic carbocycles. The van der Waals surface area contributed by atoms with E-state index in [4.69, 9.17) is 14.2 Å². The maximum Gasteiger partial charge on any atom is 0.127 e. The fraction of sp³-hybridized carbons (Fsp3) is 0.294. The van der Waals surface area contributed by atoms with E-state index in [0.29, 0.717) is 12.2 Å². The van der Waals surface area contributed by atoms with Crippen LogP contribution in [0.3, 0.4) is 0 Å². The van der Waals surface area contributed by atoms with Gasteiger partial charge in [-0.2, -0.15) is 0 Å². The quantitative estimate of drug-likeness (QED) is 0.941. The minimum absolute atomic E-state index is 0.160. The molecule has 110 valence electrons. The van der Waals surface area contributed by atoms with Crippen LogP contribution in [0.1, 0.15) is 29.8 Å². The molecule has 1 aliphatic heterocycles. The zero-order chi connectivity index (χ0) is 14.8. The number of fused-ring (bicyclic) bond motifs is 1. The Balaban J connectivity index is 1.87. The molecular formula is C17H18O4. The molecule has 3 rings (SSSR count). The van der Waals surface area contributed by atoms with E-state index in [-0.39, 0.29) is 6.10 Å². The Morgan fingerprint density at radius 2 is 1.67 bits per heavy atom. The van der Waals surface area contributed by atoms with E-state index in [9.17, 15) is 5.11 Å². The fourth-order valence-electron chi connectivity index (χ4n) is 2.58. The van der Waals surface area contributed by atoms with E-state index in [1.165, 1.54) is 0 Å². The van der Waals surface area contributed by atoms with Crippen LogP contribution in [0.2, 0.25) is 0 Å². The lowest BCUT2D eigenvalue weighted by molar-refractivity contribution is 0.0654. The van der Waals surface area contributed by atoms with Crippen molar-refractivity contribution in [1.82, 2.24) is 0 Å². The van der Waals surface area contributed by atoms with Gasteiger partial charge in [-0.25, -0.2) is 0 Å². The summed E-state index contributed by atoms with van der Waals surface area (Å²) in [7, 11) is 3.25. The standard InChI is InChI=1S/C17H18O4/c1-19-12-5-3-11(4-6-12)17-10-15(18)14-9-13(20-2)7-8-16(14)21-17/h3-9,15,17-18H,10H2,1-2H3. The lowest BCUT2D eigenvalue weighted by atomic mass is 9.95. The van der Waals surface area contributed by atoms with Crippen LogP contribution in [0.25, 0.3) is 0 Å². The number of aliphatic hydroxyl groups is 1. The second kappa shape index (κ2) is 5.66. The summed E-state index contributed by atoms with van der Waals surface area (Å²) in [5.41, 5.74) is 1.80. The molecular weight excluding hydrogens is 268 g/mol. The first-order chi connectivity index (χ1) is 10.2. The third-order valence-corrected chi connectivity index (χ3v) is 3.77. The topological polar surface area (TPSA) is 47.9 Å². The van der Waals surface area contributed by atoms with Crippen LogP contribution in [0.15, 0.2) is 42.5 Å². The van der Waals surface area contributed by atoms with Crippen LogP contribution >= 0.6 is 0 Å². The second-order valence-corrected chi connectivity index (χ2v) is 5.03. The van der Waals surface area contributed by atoms with Crippen molar-refractivity contribution < 1.29 is 19.3 Å². The lowest BCUT2D eigenvalue weighted by Gasteiger charge is -2.30. The van der Waals surface area contributed by atoms with E-state index in [2.05, 4.69) is 0 Å². The van der Waals surface area contributed by atoms with Gasteiger partial charge in [-0.3, -0.25) is 0 Å². The number of methoxy groups -OCH3 is 2. The van der Waals surface area contributed by atoms with Gasteiger partial charge in [-0.1, -0.05) is 12.1 Å². The van der Waals surface area contributed by atoms with Gasteiger partial charge in [0.1, 0.15) is 23.4 Å². The number of hydrogen-bond donors (Lipinski definition) is 1. The van der Waals surface area contributed by atoms with Gasteiger partial charge in [0.05, 0.1) is 20.3 Å². The Kier molecular flexibility index (Phi) is 3.71. The first kappa shape index (κ1) is 13.8. The maximum atomic E-state index is 10.4. The molecule has 1 heterocycles. The normalized spacial score (nSPS) is 20.3. The van der Waals surface area contributed by atoms with Crippen LogP contribution in [-0.2, 0) is 0 Å². The molecule has 0 fully saturated rings. The van der Waals surface area contributed by atoms with Crippen molar-refractivity contribution in [2.24, 2.45) is 0 Å². The third kappa shape index (κ3) is 2.67. The van der Waals surface area contributed by atoms with Gasteiger partial charge >= 0.3 is 0 Å². The Morgan fingerprint density at radius 1 is 1.00 bits per heavy atom. The zero-order valence-corrected chi connectivity index (χ0v) is 12.1. The van der Waals surface area contributed by atoms with E-state index < -0.39 is 6.10 Å². The van der Waals surface area contributed by atoms with Crippen LogP contribution in [0.4, 0.5) is 0 Å². The second-order valence-electron chi connectivity index (χ2n) is 5.03. The highest BCUT2D eigenvalue weighted by molar-refractivity contribution is 5.44. The van der Waals surface area contributed by atoms with Gasteiger partial charge in [0.15, 0.2) is 0 Å². The summed E-state index contributed by atoms with van der Waals surface area (Å²) >= 11 is 0. The molecule has 0 bridgehead atoms. The molecule has 0 amide bonds. The molecule has 21 heavy (non-hydrogen) atoms. The highest BCUT2D eigenvalue weighted by Crippen LogP contribution is 2.42. The largest absolute Gasteiger partial charge is 0.497 e. The molecule has 2 atom stereocenters. The summed E-state index contributed by atoms with van der Waals surface area (Å²) in [5, 5.41) is 10.4. The van der Waals surface area contributed by atoms with Crippen LogP contribution in [0, 0.1) is 0 Å². The predicted molar refractivity (Wildman–Crippen MR) is 78.9 cm³/mol. The van der Waals surface area contributed by atoms with E-state index in [1.54, 1.807) is 14.2 Å². The molecule has 2 unspecified atom stereocenters. The van der Waals surface area contributed by atoms with Gasteiger partial charge < -0.3 is 19.3 Å². The van der Waals surface area contributed by atoms with E-state index in [0.717, 1.165) is 22.6 Å². The summed E-state index contributed by atoms with van der Waals surface area (Å²) in [4.78, 5) is 0. The minimum atomic E-state index is -0.559. The summed E-state index contributed by atoms with van der Waals surface area (Å²) in [6.07, 6.45) is -0.199. The van der Waals surface area contributed by atoms with Gasteiger partial charge in [-0.15, -0.1) is 0 Å². The van der Waals surface area contributed by atoms with E-state index in [1.807, 2.05) is 42.5 Å². The maximum absolute atomic E-state index is 10.4. The Hall–Kier alpha value is -2.20. The number of rotatable bonds is 3. The van der Waals surface area contributed by atoms with Gasteiger partial charge in [-0.05, 0) is 35.9 Å². The van der Waals surface area contributed by atoms with Crippen molar-refractivity contribution in [1.29, 1.82) is 0 Å². The average molecular weight is 286 g/mol. The van der Waals surface area contributed by atoms with Gasteiger partial charge in [0, 0.05) is 12.0 Å². The number of benzene rings is 2. The van der Waals surface area contributed by atoms with Gasteiger partial charge in [0.25, 0.3) is 0 Å². The minimum Gasteiger partial charge on any atom is -0.497 e. The van der Waals surface area contributed by atoms with Crippen LogP contribution in [-0.4, -0.2) is 19.3 Å². The van der Waals surface area contributed by atoms with Crippen LogP contribution < -0.4 is 14.2 Å². The van der Waals surface area contributed by atoms with Crippen LogP contribution in [0.5, 0.6) is 17.2 Å². The lowest BCUT2D eigenvalue weighted by Crippen LogP contribution is -2.19. The molecule has 2 aromatic rings. The number of aliphatic hydroxyl groups excluding tert-OH is 1. The monoisotopic (exact) mass is 286 g/mol. The Bertz CT molecular complexity index is 621. The molecule has 4 nitrogen and oxygen atoms in total. The van der Waals surface area contributed by atoms with Crippen molar-refractivity contribution in [2.75, 3.05) is 14.2 Å². The zero-order valence-electron chi connectivity index (χ0n) is 12.1. The summed E-state index contributed by atoms with van der Waals surface area (Å²) in [5.74, 6) is 2.23. The number of ether oxygens (including phenoxy) is 3. The summed E-state index contributed by atoms with van der Waals surface area (Å²) in [6, 6.07) is 13.2. The molecule has 0 aromatic heterocycles. The highest BCUT2D eigenvalue weighted by Gasteiger charge is 2.28. The molecule has 0 radical (unpaired) electrons. The first-order valence-electron chi connectivity index (χ1n) is 6.88. The summed E-state index contributed by atoms with van der Waals surface area (Å²) < 4.78 is 16.3. The molecule has 0 spiro atoms. The first-order valence-corrected chi connectivity index (χ1v) is 6.88. The van der Waals surface area contributed by atoms with Crippen molar-refractivity contribution in [3.8, 4) is 17.2 Å². The molecule has 1 aliphatic rings. The third-order valence-electron chi connectivity index (χ3n) is 3.77. The smallest absolute Gasteiger partial charge is 0.127 e.